The highest BCUT2D eigenvalue weighted by Crippen LogP contribution is 2.25. The Morgan fingerprint density at radius 3 is 2.61 bits per heavy atom. The lowest BCUT2D eigenvalue weighted by molar-refractivity contribution is 0.102. The van der Waals surface area contributed by atoms with Crippen molar-refractivity contribution in [1.82, 2.24) is 14.4 Å². The van der Waals surface area contributed by atoms with Crippen LogP contribution in [0.1, 0.15) is 36.8 Å². The Kier molecular flexibility index (Phi) is 3.73. The third-order valence-corrected chi connectivity index (χ3v) is 4.24. The highest BCUT2D eigenvalue weighted by Gasteiger charge is 2.22. The summed E-state index contributed by atoms with van der Waals surface area (Å²) < 4.78 is 1.52. The summed E-state index contributed by atoms with van der Waals surface area (Å²) in [6.07, 6.45) is 4.47. The predicted molar refractivity (Wildman–Crippen MR) is 90.2 cm³/mol. The second-order valence-electron chi connectivity index (χ2n) is 6.16. The van der Waals surface area contributed by atoms with Crippen molar-refractivity contribution in [1.29, 1.82) is 0 Å². The van der Waals surface area contributed by atoms with Crippen LogP contribution in [0.3, 0.4) is 0 Å². The molecule has 6 nitrogen and oxygen atoms in total. The summed E-state index contributed by atoms with van der Waals surface area (Å²) in [6.45, 7) is 6.06. The maximum Gasteiger partial charge on any atom is 0.271 e. The van der Waals surface area contributed by atoms with Crippen molar-refractivity contribution in [2.24, 2.45) is 0 Å². The van der Waals surface area contributed by atoms with E-state index in [1.54, 1.807) is 24.5 Å². The minimum Gasteiger partial charge on any atom is -0.322 e. The number of aromatic nitrogens is 3. The summed E-state index contributed by atoms with van der Waals surface area (Å²) in [5, 5.41) is 4.60. The average molecular weight is 328 g/mol. The first-order valence-corrected chi connectivity index (χ1v) is 7.97. The molecule has 1 amide bonds. The predicted octanol–water partition coefficient (Wildman–Crippen LogP) is 2.70. The molecule has 3 heterocycles. The zero-order valence-electron chi connectivity index (χ0n) is 13.0. The molecule has 0 fully saturated rings. The van der Waals surface area contributed by atoms with Crippen LogP contribution in [0.4, 0.5) is 5.69 Å². The molecule has 0 unspecified atom stereocenters. The van der Waals surface area contributed by atoms with E-state index in [1.807, 2.05) is 26.2 Å². The summed E-state index contributed by atoms with van der Waals surface area (Å²) in [6, 6.07) is 3.32. The van der Waals surface area contributed by atoms with Gasteiger partial charge in [-0.15, -0.1) is 11.3 Å². The van der Waals surface area contributed by atoms with Crippen molar-refractivity contribution in [3.63, 3.8) is 0 Å². The van der Waals surface area contributed by atoms with Crippen LogP contribution in [0.15, 0.2) is 40.9 Å². The summed E-state index contributed by atoms with van der Waals surface area (Å²) in [7, 11) is 0. The molecule has 0 aromatic carbocycles. The summed E-state index contributed by atoms with van der Waals surface area (Å²) in [4.78, 5) is 33.8. The molecule has 0 atom stereocenters. The van der Waals surface area contributed by atoms with Gasteiger partial charge in [0.2, 0.25) is 0 Å². The van der Waals surface area contributed by atoms with Gasteiger partial charge in [0.1, 0.15) is 5.56 Å². The number of carbonyl (C=O) groups is 1. The maximum absolute atomic E-state index is 12.7. The van der Waals surface area contributed by atoms with Gasteiger partial charge in [-0.05, 0) is 12.1 Å². The van der Waals surface area contributed by atoms with Crippen molar-refractivity contribution >= 4 is 27.9 Å². The number of rotatable bonds is 2. The van der Waals surface area contributed by atoms with Crippen LogP contribution in [0, 0.1) is 0 Å². The molecule has 3 rings (SSSR count). The fourth-order valence-electron chi connectivity index (χ4n) is 2.20. The van der Waals surface area contributed by atoms with Gasteiger partial charge in [-0.3, -0.25) is 19.0 Å². The molecule has 23 heavy (non-hydrogen) atoms. The zero-order valence-corrected chi connectivity index (χ0v) is 13.8. The molecule has 0 aliphatic heterocycles. The van der Waals surface area contributed by atoms with Crippen molar-refractivity contribution in [2.45, 2.75) is 26.2 Å². The molecule has 0 aliphatic carbocycles. The fourth-order valence-corrected chi connectivity index (χ4v) is 3.27. The van der Waals surface area contributed by atoms with E-state index < -0.39 is 5.91 Å². The minimum atomic E-state index is -0.478. The van der Waals surface area contributed by atoms with Gasteiger partial charge < -0.3 is 5.32 Å². The quantitative estimate of drug-likeness (QED) is 0.785. The number of amides is 1. The molecular weight excluding hydrogens is 312 g/mol. The van der Waals surface area contributed by atoms with Crippen LogP contribution in [-0.2, 0) is 5.41 Å². The first-order chi connectivity index (χ1) is 10.9. The largest absolute Gasteiger partial charge is 0.322 e. The SMILES string of the molecule is CC(C)(C)c1csc2ncc(C(=O)Nc3ccncc3)c(=O)n12. The van der Waals surface area contributed by atoms with Crippen molar-refractivity contribution in [2.75, 3.05) is 5.32 Å². The number of hydrogen-bond acceptors (Lipinski definition) is 5. The van der Waals surface area contributed by atoms with Gasteiger partial charge in [-0.1, -0.05) is 20.8 Å². The summed E-state index contributed by atoms with van der Waals surface area (Å²) in [5.74, 6) is -0.478. The van der Waals surface area contributed by atoms with E-state index in [4.69, 9.17) is 0 Å². The fraction of sp³-hybridized carbons (Fsp3) is 0.250. The topological polar surface area (TPSA) is 76.4 Å². The van der Waals surface area contributed by atoms with Gasteiger partial charge in [0.25, 0.3) is 11.5 Å². The van der Waals surface area contributed by atoms with E-state index in [1.165, 1.54) is 21.9 Å². The Hall–Kier alpha value is -2.54. The smallest absolute Gasteiger partial charge is 0.271 e. The molecule has 118 valence electrons. The highest BCUT2D eigenvalue weighted by molar-refractivity contribution is 7.15. The van der Waals surface area contributed by atoms with Gasteiger partial charge in [0.15, 0.2) is 4.96 Å². The van der Waals surface area contributed by atoms with Crippen LogP contribution in [-0.4, -0.2) is 20.3 Å². The van der Waals surface area contributed by atoms with Gasteiger partial charge in [0.05, 0.1) is 0 Å². The normalized spacial score (nSPS) is 11.6. The average Bonchev–Trinajstić information content (AvgIpc) is 2.93. The van der Waals surface area contributed by atoms with Crippen LogP contribution in [0.5, 0.6) is 0 Å². The van der Waals surface area contributed by atoms with Crippen LogP contribution in [0.2, 0.25) is 0 Å². The molecule has 3 aromatic heterocycles. The van der Waals surface area contributed by atoms with E-state index in [0.29, 0.717) is 10.6 Å². The van der Waals surface area contributed by atoms with Gasteiger partial charge >= 0.3 is 0 Å². The number of thiazole rings is 1. The van der Waals surface area contributed by atoms with E-state index in [2.05, 4.69) is 15.3 Å². The molecule has 0 bridgehead atoms. The molecule has 0 saturated heterocycles. The number of fused-ring (bicyclic) bond motifs is 1. The van der Waals surface area contributed by atoms with E-state index in [9.17, 15) is 9.59 Å². The Morgan fingerprint density at radius 1 is 1.26 bits per heavy atom. The molecule has 0 spiro atoms. The third-order valence-electron chi connectivity index (χ3n) is 3.40. The monoisotopic (exact) mass is 328 g/mol. The van der Waals surface area contributed by atoms with E-state index >= 15 is 0 Å². The van der Waals surface area contributed by atoms with E-state index in [0.717, 1.165) is 5.69 Å². The van der Waals surface area contributed by atoms with Crippen LogP contribution in [0.25, 0.3) is 4.96 Å². The molecule has 0 saturated carbocycles. The number of nitrogens with zero attached hydrogens (tertiary/aromatic N) is 3. The highest BCUT2D eigenvalue weighted by atomic mass is 32.1. The second-order valence-corrected chi connectivity index (χ2v) is 6.99. The van der Waals surface area contributed by atoms with Crippen LogP contribution >= 0.6 is 11.3 Å². The zero-order chi connectivity index (χ0) is 16.6. The molecular formula is C16H16N4O2S. The molecule has 1 N–H and O–H groups in total. The van der Waals surface area contributed by atoms with Gasteiger partial charge in [0, 0.05) is 40.8 Å². The minimum absolute atomic E-state index is 0.0169. The molecule has 3 aromatic rings. The van der Waals surface area contributed by atoms with Crippen LogP contribution < -0.4 is 10.9 Å². The van der Waals surface area contributed by atoms with Gasteiger partial charge in [-0.25, -0.2) is 4.98 Å². The first-order valence-electron chi connectivity index (χ1n) is 7.09. The molecule has 7 heteroatoms. The summed E-state index contributed by atoms with van der Waals surface area (Å²) >= 11 is 1.39. The van der Waals surface area contributed by atoms with Crippen molar-refractivity contribution in [3.05, 3.63) is 57.7 Å². The maximum atomic E-state index is 12.7. The lowest BCUT2D eigenvalue weighted by atomic mass is 9.93. The van der Waals surface area contributed by atoms with E-state index in [-0.39, 0.29) is 16.5 Å². The lowest BCUT2D eigenvalue weighted by Gasteiger charge is -2.17. The number of carbonyl (C=O) groups excluding carboxylic acids is 1. The van der Waals surface area contributed by atoms with Crippen molar-refractivity contribution < 1.29 is 4.79 Å². The standard InChI is InChI=1S/C16H16N4O2S/c1-16(2,3)12-9-23-15-18-8-11(14(22)20(12)15)13(21)19-10-4-6-17-7-5-10/h4-9H,1-3H3,(H,17,19,21). The lowest BCUT2D eigenvalue weighted by Crippen LogP contribution is -2.29. The second kappa shape index (κ2) is 5.58. The Morgan fingerprint density at radius 2 is 1.96 bits per heavy atom. The molecule has 0 aliphatic rings. The molecule has 0 radical (unpaired) electrons. The number of nitrogens with one attached hydrogen (secondary N) is 1. The van der Waals surface area contributed by atoms with Crippen molar-refractivity contribution in [3.8, 4) is 0 Å². The first kappa shape index (κ1) is 15.4. The summed E-state index contributed by atoms with van der Waals surface area (Å²) in [5.41, 5.74) is 0.865. The third kappa shape index (κ3) is 2.87. The number of anilines is 1. The number of hydrogen-bond donors (Lipinski definition) is 1. The number of pyridine rings is 1. The Labute approximate surface area is 136 Å². The Bertz CT molecular complexity index is 923. The van der Waals surface area contributed by atoms with Gasteiger partial charge in [-0.2, -0.15) is 0 Å². The Balaban J connectivity index is 2.07.